The van der Waals surface area contributed by atoms with E-state index in [-0.39, 0.29) is 17.9 Å². The van der Waals surface area contributed by atoms with Crippen LogP contribution < -0.4 is 5.32 Å². The van der Waals surface area contributed by atoms with Gasteiger partial charge in [0.15, 0.2) is 0 Å². The fourth-order valence-corrected chi connectivity index (χ4v) is 3.62. The van der Waals surface area contributed by atoms with Crippen LogP contribution in [0.3, 0.4) is 0 Å². The van der Waals surface area contributed by atoms with Gasteiger partial charge in [0.1, 0.15) is 5.82 Å². The minimum atomic E-state index is -0.272. The molecule has 1 unspecified atom stereocenters. The van der Waals surface area contributed by atoms with E-state index in [0.717, 1.165) is 51.3 Å². The van der Waals surface area contributed by atoms with Crippen molar-refractivity contribution in [3.05, 3.63) is 35.6 Å². The van der Waals surface area contributed by atoms with Crippen molar-refractivity contribution in [2.45, 2.75) is 31.8 Å². The lowest BCUT2D eigenvalue weighted by Crippen LogP contribution is -2.48. The Labute approximate surface area is 149 Å². The largest absolute Gasteiger partial charge is 0.381 e. The molecule has 138 valence electrons. The van der Waals surface area contributed by atoms with E-state index in [0.29, 0.717) is 12.5 Å². The van der Waals surface area contributed by atoms with E-state index in [1.807, 2.05) is 6.07 Å². The van der Waals surface area contributed by atoms with Crippen LogP contribution in [0.5, 0.6) is 0 Å². The first-order valence-corrected chi connectivity index (χ1v) is 9.16. The normalized spacial score (nSPS) is 22.1. The van der Waals surface area contributed by atoms with Crippen LogP contribution in [0, 0.1) is 11.7 Å². The monoisotopic (exact) mass is 349 g/mol. The van der Waals surface area contributed by atoms with Crippen LogP contribution in [0.15, 0.2) is 24.3 Å². The molecule has 1 aromatic rings. The number of nitrogens with zero attached hydrogens (tertiary/aromatic N) is 2. The summed E-state index contributed by atoms with van der Waals surface area (Å²) < 4.78 is 18.7. The third-order valence-corrected chi connectivity index (χ3v) is 5.11. The topological polar surface area (TPSA) is 44.8 Å². The molecule has 6 heteroatoms. The predicted octanol–water partition coefficient (Wildman–Crippen LogP) is 2.47. The van der Waals surface area contributed by atoms with Gasteiger partial charge < -0.3 is 19.9 Å². The van der Waals surface area contributed by atoms with Crippen LogP contribution >= 0.6 is 0 Å². The standard InChI is InChI=1S/C19H28FN3O2/c1-22(12-15-3-2-4-17(20)11-15)19(24)21-18-5-8-23(9-6-18)13-16-7-10-25-14-16/h2-4,11,16,18H,5-10,12-14H2,1H3,(H,21,24). The number of piperidine rings is 1. The summed E-state index contributed by atoms with van der Waals surface area (Å²) in [7, 11) is 1.75. The minimum Gasteiger partial charge on any atom is -0.381 e. The number of rotatable bonds is 5. The first-order chi connectivity index (χ1) is 12.1. The molecule has 3 rings (SSSR count). The summed E-state index contributed by atoms with van der Waals surface area (Å²) in [5, 5.41) is 3.11. The zero-order valence-electron chi connectivity index (χ0n) is 14.9. The Morgan fingerprint density at radius 2 is 2.16 bits per heavy atom. The highest BCUT2D eigenvalue weighted by molar-refractivity contribution is 5.74. The third kappa shape index (κ3) is 5.41. The predicted molar refractivity (Wildman–Crippen MR) is 94.8 cm³/mol. The molecule has 0 aliphatic carbocycles. The van der Waals surface area contributed by atoms with E-state index in [1.54, 1.807) is 18.0 Å². The fourth-order valence-electron chi connectivity index (χ4n) is 3.62. The Hall–Kier alpha value is -1.66. The number of benzene rings is 1. The Kier molecular flexibility index (Phi) is 6.26. The second-order valence-electron chi connectivity index (χ2n) is 7.24. The maximum Gasteiger partial charge on any atom is 0.317 e. The summed E-state index contributed by atoms with van der Waals surface area (Å²) in [6.07, 6.45) is 3.13. The van der Waals surface area contributed by atoms with Gasteiger partial charge in [-0.25, -0.2) is 9.18 Å². The van der Waals surface area contributed by atoms with Crippen LogP contribution in [0.1, 0.15) is 24.8 Å². The lowest BCUT2D eigenvalue weighted by Gasteiger charge is -2.34. The second-order valence-corrected chi connectivity index (χ2v) is 7.24. The highest BCUT2D eigenvalue weighted by Crippen LogP contribution is 2.18. The molecule has 1 atom stereocenters. The lowest BCUT2D eigenvalue weighted by molar-refractivity contribution is 0.145. The van der Waals surface area contributed by atoms with Crippen LogP contribution in [0.25, 0.3) is 0 Å². The molecule has 0 radical (unpaired) electrons. The van der Waals surface area contributed by atoms with Gasteiger partial charge in [0.05, 0.1) is 6.61 Å². The minimum absolute atomic E-state index is 0.0908. The van der Waals surface area contributed by atoms with Crippen molar-refractivity contribution in [1.82, 2.24) is 15.1 Å². The van der Waals surface area contributed by atoms with Crippen LogP contribution in [-0.4, -0.2) is 61.8 Å². The van der Waals surface area contributed by atoms with Crippen molar-refractivity contribution in [2.24, 2.45) is 5.92 Å². The molecule has 1 N–H and O–H groups in total. The average Bonchev–Trinajstić information content (AvgIpc) is 3.09. The van der Waals surface area contributed by atoms with Crippen molar-refractivity contribution in [2.75, 3.05) is 39.9 Å². The molecule has 25 heavy (non-hydrogen) atoms. The number of carbonyl (C=O) groups is 1. The Morgan fingerprint density at radius 1 is 1.36 bits per heavy atom. The van der Waals surface area contributed by atoms with Crippen LogP contribution in [0.4, 0.5) is 9.18 Å². The summed E-state index contributed by atoms with van der Waals surface area (Å²) in [5.41, 5.74) is 0.797. The van der Waals surface area contributed by atoms with Gasteiger partial charge in [-0.15, -0.1) is 0 Å². The third-order valence-electron chi connectivity index (χ3n) is 5.11. The number of ether oxygens (including phenoxy) is 1. The number of urea groups is 1. The molecule has 5 nitrogen and oxygen atoms in total. The summed E-state index contributed by atoms with van der Waals surface area (Å²) >= 11 is 0. The van der Waals surface area contributed by atoms with Gasteiger partial charge in [-0.2, -0.15) is 0 Å². The maximum absolute atomic E-state index is 13.2. The number of amides is 2. The first kappa shape index (κ1) is 18.1. The molecule has 0 saturated carbocycles. The van der Waals surface area contributed by atoms with Gasteiger partial charge >= 0.3 is 6.03 Å². The molecule has 2 fully saturated rings. The molecule has 1 aromatic carbocycles. The number of carbonyl (C=O) groups excluding carboxylic acids is 1. The molecule has 2 heterocycles. The van der Waals surface area contributed by atoms with Crippen molar-refractivity contribution >= 4 is 6.03 Å². The van der Waals surface area contributed by atoms with Gasteiger partial charge in [0.2, 0.25) is 0 Å². The van der Waals surface area contributed by atoms with Gasteiger partial charge in [-0.3, -0.25) is 0 Å². The zero-order chi connectivity index (χ0) is 17.6. The summed E-state index contributed by atoms with van der Waals surface area (Å²) in [5.74, 6) is 0.398. The fraction of sp³-hybridized carbons (Fsp3) is 0.632. The molecule has 2 aliphatic heterocycles. The molecular weight excluding hydrogens is 321 g/mol. The molecule has 0 aromatic heterocycles. The average molecular weight is 349 g/mol. The highest BCUT2D eigenvalue weighted by atomic mass is 19.1. The summed E-state index contributed by atoms with van der Waals surface area (Å²) in [6, 6.07) is 6.51. The van der Waals surface area contributed by atoms with Crippen molar-refractivity contribution in [1.29, 1.82) is 0 Å². The van der Waals surface area contributed by atoms with Crippen molar-refractivity contribution in [3.63, 3.8) is 0 Å². The van der Waals surface area contributed by atoms with Gasteiger partial charge in [-0.05, 0) is 42.9 Å². The van der Waals surface area contributed by atoms with E-state index in [9.17, 15) is 9.18 Å². The number of halogens is 1. The maximum atomic E-state index is 13.2. The molecule has 2 aliphatic rings. The number of nitrogens with one attached hydrogen (secondary N) is 1. The quantitative estimate of drug-likeness (QED) is 0.888. The zero-order valence-corrected chi connectivity index (χ0v) is 14.9. The van der Waals surface area contributed by atoms with Crippen LogP contribution in [0.2, 0.25) is 0 Å². The summed E-state index contributed by atoms with van der Waals surface area (Å²) in [4.78, 5) is 16.4. The van der Waals surface area contributed by atoms with Gasteiger partial charge in [0.25, 0.3) is 0 Å². The summed E-state index contributed by atoms with van der Waals surface area (Å²) in [6.45, 7) is 5.35. The van der Waals surface area contributed by atoms with Crippen LogP contribution in [-0.2, 0) is 11.3 Å². The molecule has 2 saturated heterocycles. The smallest absolute Gasteiger partial charge is 0.317 e. The first-order valence-electron chi connectivity index (χ1n) is 9.16. The number of hydrogen-bond acceptors (Lipinski definition) is 3. The van der Waals surface area contributed by atoms with E-state index in [4.69, 9.17) is 4.74 Å². The molecule has 2 amide bonds. The Balaban J connectivity index is 1.39. The second kappa shape index (κ2) is 8.63. The molecular formula is C19H28FN3O2. The molecule has 0 bridgehead atoms. The highest BCUT2D eigenvalue weighted by Gasteiger charge is 2.25. The molecule has 0 spiro atoms. The van der Waals surface area contributed by atoms with E-state index in [2.05, 4.69) is 10.2 Å². The van der Waals surface area contributed by atoms with E-state index in [1.165, 1.54) is 18.6 Å². The van der Waals surface area contributed by atoms with E-state index >= 15 is 0 Å². The number of likely N-dealkylation sites (tertiary alicyclic amines) is 1. The lowest BCUT2D eigenvalue weighted by atomic mass is 10.0. The SMILES string of the molecule is CN(Cc1cccc(F)c1)C(=O)NC1CCN(CC2CCOC2)CC1. The van der Waals surface area contributed by atoms with Gasteiger partial charge in [0, 0.05) is 45.9 Å². The Morgan fingerprint density at radius 3 is 2.84 bits per heavy atom. The van der Waals surface area contributed by atoms with E-state index < -0.39 is 0 Å². The van der Waals surface area contributed by atoms with Gasteiger partial charge in [-0.1, -0.05) is 12.1 Å². The Bertz CT molecular complexity index is 570. The van der Waals surface area contributed by atoms with Crippen molar-refractivity contribution in [3.8, 4) is 0 Å². The van der Waals surface area contributed by atoms with Crippen molar-refractivity contribution < 1.29 is 13.9 Å². The number of hydrogen-bond donors (Lipinski definition) is 1.